The molecule has 2 aliphatic heterocycles. The van der Waals surface area contributed by atoms with Crippen molar-refractivity contribution in [2.75, 3.05) is 24.6 Å². The molecule has 22 heavy (non-hydrogen) atoms. The van der Waals surface area contributed by atoms with Crippen LogP contribution in [0.2, 0.25) is 0 Å². The molecule has 0 bridgehead atoms. The number of hydrogen-bond acceptors (Lipinski definition) is 5. The summed E-state index contributed by atoms with van der Waals surface area (Å²) in [6.45, 7) is 2.26. The van der Waals surface area contributed by atoms with Crippen molar-refractivity contribution >= 4 is 11.7 Å². The molecule has 6 nitrogen and oxygen atoms in total. The smallest absolute Gasteiger partial charge is 0.223 e. The Kier molecular flexibility index (Phi) is 4.25. The van der Waals surface area contributed by atoms with E-state index in [1.165, 1.54) is 0 Å². The zero-order valence-electron chi connectivity index (χ0n) is 12.4. The Morgan fingerprint density at radius 1 is 1.41 bits per heavy atom. The first-order valence-electron chi connectivity index (χ1n) is 7.71. The quantitative estimate of drug-likeness (QED) is 0.901. The minimum Gasteiger partial charge on any atom is -0.377 e. The lowest BCUT2D eigenvalue weighted by atomic mass is 9.84. The number of rotatable bonds is 3. The lowest BCUT2D eigenvalue weighted by Gasteiger charge is -2.36. The minimum atomic E-state index is -0.249. The van der Waals surface area contributed by atoms with Gasteiger partial charge >= 0.3 is 0 Å². The third-order valence-corrected chi connectivity index (χ3v) is 4.71. The second-order valence-corrected chi connectivity index (χ2v) is 5.94. The van der Waals surface area contributed by atoms with E-state index in [9.17, 15) is 10.1 Å². The number of nitrogens with two attached hydrogens (primary N) is 1. The fourth-order valence-corrected chi connectivity index (χ4v) is 3.56. The average molecular weight is 300 g/mol. The normalized spacial score (nSPS) is 25.9. The molecular formula is C16H20N4O2. The summed E-state index contributed by atoms with van der Waals surface area (Å²) >= 11 is 0. The third-order valence-electron chi connectivity index (χ3n) is 4.71. The highest BCUT2D eigenvalue weighted by molar-refractivity contribution is 5.77. The zero-order valence-corrected chi connectivity index (χ0v) is 12.4. The molecule has 2 N–H and O–H groups in total. The number of hydrogen-bond donors (Lipinski definition) is 1. The van der Waals surface area contributed by atoms with Crippen molar-refractivity contribution in [3.63, 3.8) is 0 Å². The summed E-state index contributed by atoms with van der Waals surface area (Å²) in [5, 5.41) is 9.18. The van der Waals surface area contributed by atoms with Crippen LogP contribution in [0.15, 0.2) is 18.3 Å². The van der Waals surface area contributed by atoms with Crippen LogP contribution in [0.1, 0.15) is 24.8 Å². The van der Waals surface area contributed by atoms with Crippen molar-refractivity contribution < 1.29 is 9.53 Å². The van der Waals surface area contributed by atoms with Crippen LogP contribution >= 0.6 is 0 Å². The molecule has 1 aromatic heterocycles. The second-order valence-electron chi connectivity index (χ2n) is 5.94. The predicted molar refractivity (Wildman–Crippen MR) is 80.9 cm³/mol. The summed E-state index contributed by atoms with van der Waals surface area (Å²) in [4.78, 5) is 18.0. The van der Waals surface area contributed by atoms with E-state index in [0.717, 1.165) is 38.2 Å². The van der Waals surface area contributed by atoms with Crippen molar-refractivity contribution in [3.8, 4) is 6.07 Å². The van der Waals surface area contributed by atoms with Gasteiger partial charge in [-0.25, -0.2) is 4.98 Å². The molecule has 0 aliphatic carbocycles. The Hall–Kier alpha value is -2.13. The van der Waals surface area contributed by atoms with E-state index in [2.05, 4.69) is 16.0 Å². The van der Waals surface area contributed by atoms with E-state index in [1.54, 1.807) is 18.3 Å². The number of carbonyl (C=O) groups is 1. The molecule has 2 fully saturated rings. The first-order chi connectivity index (χ1) is 10.7. The van der Waals surface area contributed by atoms with Gasteiger partial charge in [0.1, 0.15) is 11.9 Å². The Balaban J connectivity index is 1.66. The van der Waals surface area contributed by atoms with Crippen LogP contribution in [0.4, 0.5) is 5.82 Å². The van der Waals surface area contributed by atoms with Crippen molar-refractivity contribution in [2.45, 2.75) is 25.4 Å². The molecule has 6 heteroatoms. The van der Waals surface area contributed by atoms with Gasteiger partial charge in [0.25, 0.3) is 0 Å². The molecule has 1 aromatic rings. The van der Waals surface area contributed by atoms with E-state index >= 15 is 0 Å². The number of carbonyl (C=O) groups excluding carboxylic acids is 1. The third kappa shape index (κ3) is 2.77. The number of primary amides is 1. The standard InChI is InChI=1S/C16H20N4O2/c17-10-12-2-1-6-19-16(12)20-7-3-11(4-8-20)14-13(15(18)21)5-9-22-14/h1-2,6,11,13-14H,3-5,7-9H2,(H2,18,21)/t13-,14+/m0/s1. The van der Waals surface area contributed by atoms with Crippen molar-refractivity contribution in [1.82, 2.24) is 4.98 Å². The van der Waals surface area contributed by atoms with Gasteiger partial charge in [0.2, 0.25) is 5.91 Å². The monoisotopic (exact) mass is 300 g/mol. The molecule has 1 amide bonds. The Morgan fingerprint density at radius 3 is 2.86 bits per heavy atom. The average Bonchev–Trinajstić information content (AvgIpc) is 3.05. The lowest BCUT2D eigenvalue weighted by Crippen LogP contribution is -2.42. The van der Waals surface area contributed by atoms with Crippen LogP contribution < -0.4 is 10.6 Å². The maximum absolute atomic E-state index is 11.5. The van der Waals surface area contributed by atoms with Crippen LogP contribution in [0.3, 0.4) is 0 Å². The van der Waals surface area contributed by atoms with Crippen LogP contribution in [0.5, 0.6) is 0 Å². The highest BCUT2D eigenvalue weighted by Gasteiger charge is 2.39. The summed E-state index contributed by atoms with van der Waals surface area (Å²) in [6, 6.07) is 5.76. The van der Waals surface area contributed by atoms with Crippen LogP contribution in [-0.4, -0.2) is 36.7 Å². The van der Waals surface area contributed by atoms with Gasteiger partial charge in [-0.2, -0.15) is 5.26 Å². The molecular weight excluding hydrogens is 280 g/mol. The number of ether oxygens (including phenoxy) is 1. The number of amides is 1. The van der Waals surface area contributed by atoms with Crippen LogP contribution in [0.25, 0.3) is 0 Å². The molecule has 116 valence electrons. The Bertz CT molecular complexity index is 590. The number of aromatic nitrogens is 1. The minimum absolute atomic E-state index is 0.0428. The first-order valence-corrected chi connectivity index (χ1v) is 7.71. The molecule has 0 saturated carbocycles. The summed E-state index contributed by atoms with van der Waals surface area (Å²) in [7, 11) is 0. The van der Waals surface area contributed by atoms with Crippen LogP contribution in [-0.2, 0) is 9.53 Å². The van der Waals surface area contributed by atoms with E-state index in [1.807, 2.05) is 0 Å². The maximum atomic E-state index is 11.5. The van der Waals surface area contributed by atoms with Gasteiger partial charge < -0.3 is 15.4 Å². The molecule has 3 rings (SSSR count). The highest BCUT2D eigenvalue weighted by atomic mass is 16.5. The van der Waals surface area contributed by atoms with E-state index in [4.69, 9.17) is 10.5 Å². The van der Waals surface area contributed by atoms with Gasteiger partial charge in [0, 0.05) is 25.9 Å². The summed E-state index contributed by atoms with van der Waals surface area (Å²) in [5.74, 6) is 0.704. The SMILES string of the molecule is N#Cc1cccnc1N1CCC([C@H]2OCC[C@@H]2C(N)=O)CC1. The van der Waals surface area contributed by atoms with Gasteiger partial charge in [-0.05, 0) is 37.3 Å². The maximum Gasteiger partial charge on any atom is 0.223 e. The summed E-state index contributed by atoms with van der Waals surface area (Å²) in [6.07, 6.45) is 4.26. The molecule has 2 atom stereocenters. The molecule has 0 radical (unpaired) electrons. The number of nitriles is 1. The fourth-order valence-electron chi connectivity index (χ4n) is 3.56. The lowest BCUT2D eigenvalue weighted by molar-refractivity contribution is -0.124. The molecule has 0 spiro atoms. The van der Waals surface area contributed by atoms with E-state index in [-0.39, 0.29) is 17.9 Å². The van der Waals surface area contributed by atoms with E-state index < -0.39 is 0 Å². The fraction of sp³-hybridized carbons (Fsp3) is 0.562. The number of nitrogens with zero attached hydrogens (tertiary/aromatic N) is 3. The van der Waals surface area contributed by atoms with E-state index in [0.29, 0.717) is 18.1 Å². The second kappa shape index (κ2) is 6.32. The largest absolute Gasteiger partial charge is 0.377 e. The molecule has 0 aromatic carbocycles. The Labute approximate surface area is 129 Å². The summed E-state index contributed by atoms with van der Waals surface area (Å²) in [5.41, 5.74) is 6.08. The highest BCUT2D eigenvalue weighted by Crippen LogP contribution is 2.34. The topological polar surface area (TPSA) is 92.2 Å². The van der Waals surface area contributed by atoms with Crippen LogP contribution in [0, 0.1) is 23.2 Å². The molecule has 3 heterocycles. The predicted octanol–water partition coefficient (Wildman–Crippen LogP) is 1.06. The van der Waals surface area contributed by atoms with Gasteiger partial charge in [-0.15, -0.1) is 0 Å². The van der Waals surface area contributed by atoms with Gasteiger partial charge in [0.15, 0.2) is 0 Å². The first kappa shape index (κ1) is 14.8. The number of pyridine rings is 1. The zero-order chi connectivity index (χ0) is 15.5. The molecule has 2 saturated heterocycles. The van der Waals surface area contributed by atoms with Gasteiger partial charge in [-0.1, -0.05) is 0 Å². The van der Waals surface area contributed by atoms with Gasteiger partial charge in [0.05, 0.1) is 17.6 Å². The summed E-state index contributed by atoms with van der Waals surface area (Å²) < 4.78 is 5.76. The molecule has 0 unspecified atom stereocenters. The Morgan fingerprint density at radius 2 is 2.18 bits per heavy atom. The van der Waals surface area contributed by atoms with Crippen molar-refractivity contribution in [2.24, 2.45) is 17.6 Å². The van der Waals surface area contributed by atoms with Crippen molar-refractivity contribution in [1.29, 1.82) is 5.26 Å². The van der Waals surface area contributed by atoms with Gasteiger partial charge in [-0.3, -0.25) is 4.79 Å². The molecule has 2 aliphatic rings. The number of piperidine rings is 1. The number of anilines is 1. The van der Waals surface area contributed by atoms with Crippen molar-refractivity contribution in [3.05, 3.63) is 23.9 Å².